The Hall–Kier alpha value is -0.395. The van der Waals surface area contributed by atoms with Crippen molar-refractivity contribution < 1.29 is 0 Å². The molecule has 2 heteroatoms. The Morgan fingerprint density at radius 3 is 2.71 bits per heavy atom. The molecule has 0 aromatic rings. The van der Waals surface area contributed by atoms with Crippen molar-refractivity contribution in [1.29, 1.82) is 0 Å². The second-order valence-electron chi connectivity index (χ2n) is 5.45. The van der Waals surface area contributed by atoms with E-state index < -0.39 is 0 Å². The van der Waals surface area contributed by atoms with Gasteiger partial charge in [-0.2, -0.15) is 0 Å². The first-order chi connectivity index (χ1) is 6.42. The molecular weight excluding hydrogens is 169 g/mol. The quantitative estimate of drug-likeness (QED) is 0.529. The fourth-order valence-corrected chi connectivity index (χ4v) is 3.11. The van der Waals surface area contributed by atoms with Crippen molar-refractivity contribution in [1.82, 2.24) is 4.90 Å². The number of fused-ring (bicyclic) bond motifs is 1. The molecule has 0 spiro atoms. The van der Waals surface area contributed by atoms with E-state index in [0.29, 0.717) is 6.04 Å². The summed E-state index contributed by atoms with van der Waals surface area (Å²) in [6, 6.07) is 0.666. The van der Waals surface area contributed by atoms with Crippen LogP contribution in [-0.2, 0) is 0 Å². The highest BCUT2D eigenvalue weighted by Gasteiger charge is 2.41. The van der Waals surface area contributed by atoms with Crippen molar-refractivity contribution in [2.45, 2.75) is 51.4 Å². The molecule has 2 radical (unpaired) electrons. The zero-order chi connectivity index (χ0) is 10.5. The van der Waals surface area contributed by atoms with Crippen molar-refractivity contribution in [3.05, 3.63) is 11.3 Å². The van der Waals surface area contributed by atoms with Crippen molar-refractivity contribution >= 4 is 7.85 Å². The van der Waals surface area contributed by atoms with Crippen molar-refractivity contribution in [3.63, 3.8) is 0 Å². The van der Waals surface area contributed by atoms with Gasteiger partial charge in [0.1, 0.15) is 0 Å². The van der Waals surface area contributed by atoms with Gasteiger partial charge in [-0.25, -0.2) is 0 Å². The average Bonchev–Trinajstić information content (AvgIpc) is 2.30. The standard InChI is InChI=1S/C12H20BN/c1-8-9(2)14(4)11-7-12(3,13)6-5-10(8)11/h10-11H,5-7H2,1-4H3/t10?,11?,12-/m1/s1. The maximum Gasteiger partial charge on any atom is 0.0743 e. The summed E-state index contributed by atoms with van der Waals surface area (Å²) in [5, 5.41) is 0.0559. The van der Waals surface area contributed by atoms with Crippen LogP contribution in [0.5, 0.6) is 0 Å². The number of allylic oxidation sites excluding steroid dienone is 1. The summed E-state index contributed by atoms with van der Waals surface area (Å²) >= 11 is 0. The average molecular weight is 189 g/mol. The van der Waals surface area contributed by atoms with E-state index in [1.165, 1.54) is 18.5 Å². The molecule has 1 fully saturated rings. The fourth-order valence-electron chi connectivity index (χ4n) is 3.11. The summed E-state index contributed by atoms with van der Waals surface area (Å²) in [6.45, 7) is 6.72. The monoisotopic (exact) mass is 189 g/mol. The zero-order valence-corrected chi connectivity index (χ0v) is 9.80. The Morgan fingerprint density at radius 1 is 1.43 bits per heavy atom. The van der Waals surface area contributed by atoms with E-state index in [9.17, 15) is 0 Å². The van der Waals surface area contributed by atoms with Crippen molar-refractivity contribution in [2.24, 2.45) is 5.92 Å². The number of rotatable bonds is 0. The van der Waals surface area contributed by atoms with Gasteiger partial charge >= 0.3 is 0 Å². The maximum absolute atomic E-state index is 6.24. The molecule has 2 unspecified atom stereocenters. The molecule has 1 heterocycles. The lowest BCUT2D eigenvalue weighted by Gasteiger charge is -2.41. The lowest BCUT2D eigenvalue weighted by molar-refractivity contribution is 0.190. The Labute approximate surface area is 89.0 Å². The smallest absolute Gasteiger partial charge is 0.0743 e. The number of hydrogen-bond acceptors (Lipinski definition) is 1. The lowest BCUT2D eigenvalue weighted by atomic mass is 9.58. The van der Waals surface area contributed by atoms with Crippen LogP contribution >= 0.6 is 0 Å². The first kappa shape index (κ1) is 10.1. The number of nitrogens with zero attached hydrogens (tertiary/aromatic N) is 1. The predicted octanol–water partition coefficient (Wildman–Crippen LogP) is 2.74. The van der Waals surface area contributed by atoms with E-state index in [4.69, 9.17) is 7.85 Å². The molecule has 1 aliphatic heterocycles. The molecule has 0 aromatic carbocycles. The van der Waals surface area contributed by atoms with Crippen LogP contribution in [0.2, 0.25) is 5.31 Å². The van der Waals surface area contributed by atoms with Gasteiger partial charge in [-0.1, -0.05) is 18.7 Å². The highest BCUT2D eigenvalue weighted by Crippen LogP contribution is 2.49. The van der Waals surface area contributed by atoms with Crippen LogP contribution < -0.4 is 0 Å². The Bertz CT molecular complexity index is 280. The summed E-state index contributed by atoms with van der Waals surface area (Å²) < 4.78 is 0. The largest absolute Gasteiger partial charge is 0.375 e. The van der Waals surface area contributed by atoms with E-state index in [1.54, 1.807) is 5.57 Å². The minimum Gasteiger partial charge on any atom is -0.375 e. The highest BCUT2D eigenvalue weighted by atomic mass is 15.2. The first-order valence-corrected chi connectivity index (χ1v) is 5.61. The molecule has 0 aromatic heterocycles. The second-order valence-corrected chi connectivity index (χ2v) is 5.45. The molecular formula is C12H20BN. The van der Waals surface area contributed by atoms with Gasteiger partial charge in [0.05, 0.1) is 7.85 Å². The summed E-state index contributed by atoms with van der Waals surface area (Å²) in [4.78, 5) is 2.43. The molecule has 2 rings (SSSR count). The van der Waals surface area contributed by atoms with Crippen LogP contribution in [0.4, 0.5) is 0 Å². The van der Waals surface area contributed by atoms with Crippen LogP contribution in [0.25, 0.3) is 0 Å². The van der Waals surface area contributed by atoms with E-state index in [1.807, 2.05) is 0 Å². The first-order valence-electron chi connectivity index (χ1n) is 5.61. The SMILES string of the molecule is [B][C@]1(C)CCC2C(C)=C(C)N(C)C2C1. The fraction of sp³-hybridized carbons (Fsp3) is 0.833. The summed E-state index contributed by atoms with van der Waals surface area (Å²) in [7, 11) is 8.45. The predicted molar refractivity (Wildman–Crippen MR) is 61.4 cm³/mol. The molecule has 14 heavy (non-hydrogen) atoms. The third-order valence-corrected chi connectivity index (χ3v) is 4.32. The maximum atomic E-state index is 6.24. The normalized spacial score (nSPS) is 43.0. The van der Waals surface area contributed by atoms with Crippen molar-refractivity contribution in [2.75, 3.05) is 7.05 Å². The van der Waals surface area contributed by atoms with Gasteiger partial charge in [0.25, 0.3) is 0 Å². The summed E-state index contributed by atoms with van der Waals surface area (Å²) in [5.74, 6) is 0.775. The minimum atomic E-state index is 0.0559. The Morgan fingerprint density at radius 2 is 2.07 bits per heavy atom. The van der Waals surface area contributed by atoms with Crippen molar-refractivity contribution in [3.8, 4) is 0 Å². The molecule has 1 nitrogen and oxygen atoms in total. The van der Waals surface area contributed by atoms with Crippen LogP contribution in [-0.4, -0.2) is 25.8 Å². The van der Waals surface area contributed by atoms with Gasteiger partial charge in [0.2, 0.25) is 0 Å². The summed E-state index contributed by atoms with van der Waals surface area (Å²) in [5.41, 5.74) is 3.06. The van der Waals surface area contributed by atoms with E-state index in [2.05, 4.69) is 32.7 Å². The third kappa shape index (κ3) is 1.39. The highest BCUT2D eigenvalue weighted by molar-refractivity contribution is 6.14. The van der Waals surface area contributed by atoms with E-state index >= 15 is 0 Å². The van der Waals surface area contributed by atoms with Gasteiger partial charge in [-0.05, 0) is 32.3 Å². The van der Waals surface area contributed by atoms with Gasteiger partial charge < -0.3 is 4.90 Å². The molecule has 1 aliphatic carbocycles. The molecule has 0 saturated heterocycles. The van der Waals surface area contributed by atoms with E-state index in [0.717, 1.165) is 12.3 Å². The van der Waals surface area contributed by atoms with Crippen LogP contribution in [0.1, 0.15) is 40.0 Å². The molecule has 0 bridgehead atoms. The van der Waals surface area contributed by atoms with Gasteiger partial charge in [-0.15, -0.1) is 0 Å². The third-order valence-electron chi connectivity index (χ3n) is 4.32. The molecule has 0 amide bonds. The lowest BCUT2D eigenvalue weighted by Crippen LogP contribution is -2.38. The second kappa shape index (κ2) is 3.05. The molecule has 0 N–H and O–H groups in total. The van der Waals surface area contributed by atoms with Crippen LogP contribution in [0, 0.1) is 5.92 Å². The Kier molecular flexibility index (Phi) is 2.21. The topological polar surface area (TPSA) is 3.24 Å². The number of hydrogen-bond donors (Lipinski definition) is 0. The summed E-state index contributed by atoms with van der Waals surface area (Å²) in [6.07, 6.45) is 3.58. The van der Waals surface area contributed by atoms with Gasteiger partial charge in [0.15, 0.2) is 0 Å². The van der Waals surface area contributed by atoms with Crippen LogP contribution in [0.3, 0.4) is 0 Å². The Balaban J connectivity index is 2.22. The van der Waals surface area contributed by atoms with Crippen LogP contribution in [0.15, 0.2) is 11.3 Å². The zero-order valence-electron chi connectivity index (χ0n) is 9.80. The van der Waals surface area contributed by atoms with Gasteiger partial charge in [-0.3, -0.25) is 0 Å². The molecule has 3 atom stereocenters. The molecule has 2 aliphatic rings. The van der Waals surface area contributed by atoms with E-state index in [-0.39, 0.29) is 5.31 Å². The molecule has 1 saturated carbocycles. The minimum absolute atomic E-state index is 0.0559. The van der Waals surface area contributed by atoms with Gasteiger partial charge in [0, 0.05) is 24.7 Å². The molecule has 76 valence electrons.